The molecule has 0 radical (unpaired) electrons. The molecular formula is C21H36O2S. The highest BCUT2D eigenvalue weighted by Crippen LogP contribution is 2.56. The minimum atomic E-state index is -3.01. The first-order valence-electron chi connectivity index (χ1n) is 10.00. The summed E-state index contributed by atoms with van der Waals surface area (Å²) in [5.74, 6) is 0. The van der Waals surface area contributed by atoms with E-state index in [0.717, 1.165) is 96.3 Å². The SMILES string of the molecule is C=CCCCCC[C@@]12CCCC[C@@](CCCCC=C)(CC1)S2(=O)=O. The molecule has 0 N–H and O–H groups in total. The molecule has 0 spiro atoms. The largest absolute Gasteiger partial charge is 0.228 e. The highest BCUT2D eigenvalue weighted by molar-refractivity contribution is 7.94. The average molecular weight is 353 g/mol. The van der Waals surface area contributed by atoms with Gasteiger partial charge in [-0.2, -0.15) is 0 Å². The van der Waals surface area contributed by atoms with Crippen molar-refractivity contribution < 1.29 is 8.42 Å². The molecule has 2 nitrogen and oxygen atoms in total. The molecule has 2 saturated heterocycles. The fourth-order valence-corrected chi connectivity index (χ4v) is 8.33. The van der Waals surface area contributed by atoms with Gasteiger partial charge in [0.1, 0.15) is 0 Å². The lowest BCUT2D eigenvalue weighted by Crippen LogP contribution is -2.43. The van der Waals surface area contributed by atoms with Crippen LogP contribution in [0.2, 0.25) is 0 Å². The Labute approximate surface area is 149 Å². The molecule has 0 aromatic carbocycles. The normalized spacial score (nSPS) is 31.5. The van der Waals surface area contributed by atoms with Crippen LogP contribution in [0, 0.1) is 0 Å². The highest BCUT2D eigenvalue weighted by atomic mass is 32.2. The monoisotopic (exact) mass is 352 g/mol. The Hall–Kier alpha value is -0.570. The summed E-state index contributed by atoms with van der Waals surface area (Å²) in [6, 6.07) is 0. The van der Waals surface area contributed by atoms with Crippen molar-refractivity contribution in [1.82, 2.24) is 0 Å². The van der Waals surface area contributed by atoms with Crippen LogP contribution in [0.4, 0.5) is 0 Å². The number of hydrogen-bond acceptors (Lipinski definition) is 2. The van der Waals surface area contributed by atoms with Crippen LogP contribution in [0.5, 0.6) is 0 Å². The van der Waals surface area contributed by atoms with Crippen LogP contribution in [0.25, 0.3) is 0 Å². The van der Waals surface area contributed by atoms with Crippen molar-refractivity contribution in [3.8, 4) is 0 Å². The van der Waals surface area contributed by atoms with Crippen LogP contribution in [0.3, 0.4) is 0 Å². The van der Waals surface area contributed by atoms with E-state index >= 15 is 0 Å². The second-order valence-electron chi connectivity index (χ2n) is 8.00. The summed E-state index contributed by atoms with van der Waals surface area (Å²) in [5.41, 5.74) is 0. The third-order valence-electron chi connectivity index (χ3n) is 6.52. The Morgan fingerprint density at radius 3 is 1.67 bits per heavy atom. The molecule has 0 aromatic rings. The van der Waals surface area contributed by atoms with Crippen molar-refractivity contribution in [2.45, 2.75) is 106 Å². The van der Waals surface area contributed by atoms with Gasteiger partial charge in [0.25, 0.3) is 0 Å². The van der Waals surface area contributed by atoms with Crippen molar-refractivity contribution in [3.05, 3.63) is 25.3 Å². The zero-order chi connectivity index (χ0) is 17.5. The van der Waals surface area contributed by atoms with Gasteiger partial charge in [-0.1, -0.05) is 44.3 Å². The van der Waals surface area contributed by atoms with Gasteiger partial charge >= 0.3 is 0 Å². The van der Waals surface area contributed by atoms with Gasteiger partial charge < -0.3 is 0 Å². The second kappa shape index (κ2) is 8.69. The number of rotatable bonds is 11. The van der Waals surface area contributed by atoms with Gasteiger partial charge in [-0.3, -0.25) is 0 Å². The van der Waals surface area contributed by atoms with Gasteiger partial charge in [0.15, 0.2) is 9.84 Å². The topological polar surface area (TPSA) is 34.1 Å². The van der Waals surface area contributed by atoms with E-state index in [0.29, 0.717) is 0 Å². The summed E-state index contributed by atoms with van der Waals surface area (Å²) in [6.07, 6.45) is 19.0. The molecule has 2 rings (SSSR count). The molecule has 0 aliphatic carbocycles. The number of unbranched alkanes of at least 4 members (excludes halogenated alkanes) is 5. The van der Waals surface area contributed by atoms with E-state index in [2.05, 4.69) is 13.2 Å². The van der Waals surface area contributed by atoms with E-state index in [1.54, 1.807) is 0 Å². The van der Waals surface area contributed by atoms with Crippen LogP contribution in [0.15, 0.2) is 25.3 Å². The molecule has 2 atom stereocenters. The molecule has 0 unspecified atom stereocenters. The Balaban J connectivity index is 2.06. The Kier molecular flexibility index (Phi) is 7.15. The number of allylic oxidation sites excluding steroid dienone is 2. The number of hydrogen-bond donors (Lipinski definition) is 0. The van der Waals surface area contributed by atoms with Gasteiger partial charge in [-0.05, 0) is 64.2 Å². The molecule has 2 heterocycles. The maximum absolute atomic E-state index is 13.6. The fourth-order valence-electron chi connectivity index (χ4n) is 5.01. The van der Waals surface area contributed by atoms with E-state index in [1.807, 2.05) is 12.2 Å². The van der Waals surface area contributed by atoms with Crippen molar-refractivity contribution >= 4 is 9.84 Å². The van der Waals surface area contributed by atoms with E-state index in [1.165, 1.54) is 0 Å². The molecule has 3 heteroatoms. The predicted molar refractivity (Wildman–Crippen MR) is 104 cm³/mol. The van der Waals surface area contributed by atoms with Crippen molar-refractivity contribution in [1.29, 1.82) is 0 Å². The molecule has 138 valence electrons. The maximum atomic E-state index is 13.6. The maximum Gasteiger partial charge on any atom is 0.161 e. The molecule has 0 saturated carbocycles. The first-order valence-corrected chi connectivity index (χ1v) is 11.5. The number of fused-ring (bicyclic) bond motifs is 2. The predicted octanol–water partition coefficient (Wildman–Crippen LogP) is 6.13. The van der Waals surface area contributed by atoms with Crippen LogP contribution in [-0.4, -0.2) is 17.9 Å². The Bertz CT molecular complexity index is 522. The van der Waals surface area contributed by atoms with E-state index in [-0.39, 0.29) is 0 Å². The van der Waals surface area contributed by atoms with E-state index < -0.39 is 19.3 Å². The minimum Gasteiger partial charge on any atom is -0.228 e. The van der Waals surface area contributed by atoms with E-state index in [4.69, 9.17) is 0 Å². The lowest BCUT2D eigenvalue weighted by molar-refractivity contribution is 0.369. The molecular weight excluding hydrogens is 316 g/mol. The fraction of sp³-hybridized carbons (Fsp3) is 0.810. The zero-order valence-corrected chi connectivity index (χ0v) is 16.2. The van der Waals surface area contributed by atoms with E-state index in [9.17, 15) is 8.42 Å². The molecule has 2 fully saturated rings. The lowest BCUT2D eigenvalue weighted by Gasteiger charge is -2.32. The molecule has 24 heavy (non-hydrogen) atoms. The highest BCUT2D eigenvalue weighted by Gasteiger charge is 2.61. The molecule has 0 amide bonds. The van der Waals surface area contributed by atoms with Crippen LogP contribution in [-0.2, 0) is 9.84 Å². The van der Waals surface area contributed by atoms with Gasteiger partial charge in [-0.15, -0.1) is 13.2 Å². The molecule has 0 aromatic heterocycles. The summed E-state index contributed by atoms with van der Waals surface area (Å²) >= 11 is 0. The zero-order valence-electron chi connectivity index (χ0n) is 15.4. The Morgan fingerprint density at radius 1 is 0.708 bits per heavy atom. The molecule has 2 aliphatic rings. The third-order valence-corrected chi connectivity index (χ3v) is 10.0. The minimum absolute atomic E-state index is 0.393. The third kappa shape index (κ3) is 3.81. The second-order valence-corrected chi connectivity index (χ2v) is 10.7. The average Bonchev–Trinajstić information content (AvgIpc) is 2.69. The summed E-state index contributed by atoms with van der Waals surface area (Å²) in [7, 11) is -3.01. The van der Waals surface area contributed by atoms with Gasteiger partial charge in [-0.25, -0.2) is 8.42 Å². The molecule has 2 aliphatic heterocycles. The first kappa shape index (κ1) is 19.8. The van der Waals surface area contributed by atoms with Gasteiger partial charge in [0.05, 0.1) is 9.49 Å². The quantitative estimate of drug-likeness (QED) is 0.331. The lowest BCUT2D eigenvalue weighted by atomic mass is 9.81. The molecule has 2 bridgehead atoms. The van der Waals surface area contributed by atoms with Gasteiger partial charge in [0, 0.05) is 0 Å². The Morgan fingerprint density at radius 2 is 1.17 bits per heavy atom. The van der Waals surface area contributed by atoms with Crippen molar-refractivity contribution in [3.63, 3.8) is 0 Å². The first-order chi connectivity index (χ1) is 11.5. The summed E-state index contributed by atoms with van der Waals surface area (Å²) < 4.78 is 26.4. The summed E-state index contributed by atoms with van der Waals surface area (Å²) in [6.45, 7) is 7.54. The summed E-state index contributed by atoms with van der Waals surface area (Å²) in [5, 5.41) is 0. The standard InChI is InChI=1S/C21H36O2S/c1-3-5-7-9-11-15-21-17-13-12-16-20(18-19-21,24(21,22)23)14-10-8-6-4-2/h3-4H,1-2,5-19H2/t20-,21+/m0/s1. The smallest absolute Gasteiger partial charge is 0.161 e. The van der Waals surface area contributed by atoms with Crippen molar-refractivity contribution in [2.24, 2.45) is 0 Å². The van der Waals surface area contributed by atoms with Crippen LogP contribution < -0.4 is 0 Å². The van der Waals surface area contributed by atoms with Gasteiger partial charge in [0.2, 0.25) is 0 Å². The van der Waals surface area contributed by atoms with Crippen molar-refractivity contribution in [2.75, 3.05) is 0 Å². The van der Waals surface area contributed by atoms with Crippen LogP contribution in [0.1, 0.15) is 96.3 Å². The van der Waals surface area contributed by atoms with Crippen LogP contribution >= 0.6 is 0 Å². The summed E-state index contributed by atoms with van der Waals surface area (Å²) in [4.78, 5) is 0. The number of sulfone groups is 1.